The lowest BCUT2D eigenvalue weighted by Gasteiger charge is -2.20. The third-order valence-corrected chi connectivity index (χ3v) is 4.26. The molecule has 1 aromatic rings. The average Bonchev–Trinajstić information content (AvgIpc) is 2.87. The molecule has 1 saturated heterocycles. The number of ether oxygens (including phenoxy) is 1. The van der Waals surface area contributed by atoms with Gasteiger partial charge in [0.05, 0.1) is 7.11 Å². The minimum absolute atomic E-state index is 0. The van der Waals surface area contributed by atoms with Crippen LogP contribution in [-0.4, -0.2) is 51.2 Å². The first-order valence-corrected chi connectivity index (χ1v) is 8.61. The van der Waals surface area contributed by atoms with Gasteiger partial charge in [-0.2, -0.15) is 0 Å². The molecule has 0 radical (unpaired) electrons. The van der Waals surface area contributed by atoms with E-state index in [-0.39, 0.29) is 24.0 Å². The predicted molar refractivity (Wildman–Crippen MR) is 112 cm³/mol. The number of hydrogen-bond donors (Lipinski definition) is 2. The van der Waals surface area contributed by atoms with Crippen LogP contribution in [0.2, 0.25) is 0 Å². The summed E-state index contributed by atoms with van der Waals surface area (Å²) in [5, 5.41) is 6.76. The zero-order valence-corrected chi connectivity index (χ0v) is 17.2. The molecule has 0 bridgehead atoms. The first-order valence-electron chi connectivity index (χ1n) is 8.61. The molecule has 2 N–H and O–H groups in total. The SMILES string of the molecule is CN=C(NCCN1CCCCCC1)NCc1ccc(OC)cc1.I. The standard InChI is InChI=1S/C18H30N4O.HI/c1-19-18(20-11-14-22-12-5-3-4-6-13-22)21-15-16-7-9-17(23-2)10-8-16;/h7-10H,3-6,11-15H2,1-2H3,(H2,19,20,21);1H. The van der Waals surface area contributed by atoms with E-state index in [9.17, 15) is 0 Å². The number of benzene rings is 1. The number of aliphatic imine (C=N–C) groups is 1. The molecule has 0 spiro atoms. The Kier molecular flexibility index (Phi) is 10.8. The molecule has 0 aliphatic carbocycles. The highest BCUT2D eigenvalue weighted by atomic mass is 127. The topological polar surface area (TPSA) is 48.9 Å². The van der Waals surface area contributed by atoms with Gasteiger partial charge in [0.25, 0.3) is 0 Å². The van der Waals surface area contributed by atoms with Crippen LogP contribution in [0.25, 0.3) is 0 Å². The number of halogens is 1. The molecule has 1 fully saturated rings. The molecule has 0 atom stereocenters. The number of nitrogens with one attached hydrogen (secondary N) is 2. The van der Waals surface area contributed by atoms with E-state index >= 15 is 0 Å². The van der Waals surface area contributed by atoms with Gasteiger partial charge in [-0.1, -0.05) is 25.0 Å². The Hall–Kier alpha value is -1.02. The summed E-state index contributed by atoms with van der Waals surface area (Å²) in [5.41, 5.74) is 1.21. The van der Waals surface area contributed by atoms with Gasteiger partial charge in [-0.15, -0.1) is 24.0 Å². The van der Waals surface area contributed by atoms with E-state index in [4.69, 9.17) is 4.74 Å². The molecule has 6 heteroatoms. The summed E-state index contributed by atoms with van der Waals surface area (Å²) in [6.45, 7) is 5.25. The Morgan fingerprint density at radius 2 is 1.75 bits per heavy atom. The van der Waals surface area contributed by atoms with E-state index in [1.165, 1.54) is 44.3 Å². The van der Waals surface area contributed by atoms with Crippen LogP contribution in [0.1, 0.15) is 31.2 Å². The van der Waals surface area contributed by atoms with Gasteiger partial charge in [-0.05, 0) is 43.6 Å². The van der Waals surface area contributed by atoms with Gasteiger partial charge in [0, 0.05) is 26.7 Å². The maximum Gasteiger partial charge on any atom is 0.191 e. The molecule has 0 unspecified atom stereocenters. The summed E-state index contributed by atoms with van der Waals surface area (Å²) in [7, 11) is 3.50. The summed E-state index contributed by atoms with van der Waals surface area (Å²) in [6, 6.07) is 8.09. The lowest BCUT2D eigenvalue weighted by molar-refractivity contribution is 0.289. The molecular formula is C18H31IN4O. The Labute approximate surface area is 163 Å². The highest BCUT2D eigenvalue weighted by molar-refractivity contribution is 14.0. The van der Waals surface area contributed by atoms with E-state index < -0.39 is 0 Å². The van der Waals surface area contributed by atoms with Crippen molar-refractivity contribution in [2.75, 3.05) is 40.3 Å². The van der Waals surface area contributed by atoms with Crippen molar-refractivity contribution in [2.45, 2.75) is 32.2 Å². The number of guanidine groups is 1. The Balaban J connectivity index is 0.00000288. The molecular weight excluding hydrogens is 415 g/mol. The Morgan fingerprint density at radius 1 is 1.08 bits per heavy atom. The van der Waals surface area contributed by atoms with Gasteiger partial charge >= 0.3 is 0 Å². The minimum Gasteiger partial charge on any atom is -0.497 e. The quantitative estimate of drug-likeness (QED) is 0.401. The van der Waals surface area contributed by atoms with Crippen LogP contribution in [0.15, 0.2) is 29.3 Å². The zero-order chi connectivity index (χ0) is 16.3. The van der Waals surface area contributed by atoms with Crippen LogP contribution in [0, 0.1) is 0 Å². The fourth-order valence-corrected chi connectivity index (χ4v) is 2.84. The zero-order valence-electron chi connectivity index (χ0n) is 14.9. The van der Waals surface area contributed by atoms with Gasteiger partial charge in [0.1, 0.15) is 5.75 Å². The predicted octanol–water partition coefficient (Wildman–Crippen LogP) is 2.85. The minimum atomic E-state index is 0. The van der Waals surface area contributed by atoms with Gasteiger partial charge in [0.2, 0.25) is 0 Å². The second-order valence-electron chi connectivity index (χ2n) is 5.96. The monoisotopic (exact) mass is 446 g/mol. The van der Waals surface area contributed by atoms with Gasteiger partial charge < -0.3 is 20.3 Å². The fourth-order valence-electron chi connectivity index (χ4n) is 2.84. The van der Waals surface area contributed by atoms with Gasteiger partial charge in [0.15, 0.2) is 5.96 Å². The molecule has 1 aliphatic rings. The van der Waals surface area contributed by atoms with Crippen LogP contribution in [-0.2, 0) is 6.54 Å². The Bertz CT molecular complexity index is 470. The first-order chi connectivity index (χ1) is 11.3. The number of rotatable bonds is 6. The van der Waals surface area contributed by atoms with Crippen molar-refractivity contribution in [2.24, 2.45) is 4.99 Å². The maximum atomic E-state index is 5.17. The van der Waals surface area contributed by atoms with Crippen molar-refractivity contribution in [1.29, 1.82) is 0 Å². The van der Waals surface area contributed by atoms with Crippen molar-refractivity contribution < 1.29 is 4.74 Å². The van der Waals surface area contributed by atoms with Gasteiger partial charge in [-0.3, -0.25) is 4.99 Å². The molecule has 2 rings (SSSR count). The molecule has 0 saturated carbocycles. The third-order valence-electron chi connectivity index (χ3n) is 4.26. The second-order valence-corrected chi connectivity index (χ2v) is 5.96. The van der Waals surface area contributed by atoms with E-state index in [1.807, 2.05) is 19.2 Å². The molecule has 0 aromatic heterocycles. The number of nitrogens with zero attached hydrogens (tertiary/aromatic N) is 2. The van der Waals surface area contributed by atoms with E-state index in [1.54, 1.807) is 7.11 Å². The molecule has 24 heavy (non-hydrogen) atoms. The molecule has 5 nitrogen and oxygen atoms in total. The van der Waals surface area contributed by atoms with Crippen LogP contribution in [0.3, 0.4) is 0 Å². The van der Waals surface area contributed by atoms with Crippen LogP contribution >= 0.6 is 24.0 Å². The van der Waals surface area contributed by atoms with Crippen LogP contribution < -0.4 is 15.4 Å². The second kappa shape index (κ2) is 12.4. The summed E-state index contributed by atoms with van der Waals surface area (Å²) < 4.78 is 5.17. The van der Waals surface area contributed by atoms with Crippen LogP contribution in [0.5, 0.6) is 5.75 Å². The van der Waals surface area contributed by atoms with Crippen molar-refractivity contribution in [3.8, 4) is 5.75 Å². The highest BCUT2D eigenvalue weighted by Gasteiger charge is 2.08. The largest absolute Gasteiger partial charge is 0.497 e. The van der Waals surface area contributed by atoms with E-state index in [0.717, 1.165) is 31.3 Å². The van der Waals surface area contributed by atoms with Crippen molar-refractivity contribution in [3.63, 3.8) is 0 Å². The molecule has 136 valence electrons. The van der Waals surface area contributed by atoms with Gasteiger partial charge in [-0.25, -0.2) is 0 Å². The molecule has 1 aliphatic heterocycles. The maximum absolute atomic E-state index is 5.17. The summed E-state index contributed by atoms with van der Waals surface area (Å²) in [6.07, 6.45) is 5.44. The smallest absolute Gasteiger partial charge is 0.191 e. The summed E-state index contributed by atoms with van der Waals surface area (Å²) in [5.74, 6) is 1.74. The lowest BCUT2D eigenvalue weighted by atomic mass is 10.2. The highest BCUT2D eigenvalue weighted by Crippen LogP contribution is 2.11. The van der Waals surface area contributed by atoms with Crippen molar-refractivity contribution in [3.05, 3.63) is 29.8 Å². The number of methoxy groups -OCH3 is 1. The third kappa shape index (κ3) is 7.70. The molecule has 0 amide bonds. The van der Waals surface area contributed by atoms with Crippen LogP contribution in [0.4, 0.5) is 0 Å². The fraction of sp³-hybridized carbons (Fsp3) is 0.611. The normalized spacial score (nSPS) is 16.0. The van der Waals surface area contributed by atoms with Crippen molar-refractivity contribution in [1.82, 2.24) is 15.5 Å². The average molecular weight is 446 g/mol. The summed E-state index contributed by atoms with van der Waals surface area (Å²) >= 11 is 0. The van der Waals surface area contributed by atoms with E-state index in [2.05, 4.69) is 32.7 Å². The molecule has 1 aromatic carbocycles. The van der Waals surface area contributed by atoms with Crippen molar-refractivity contribution >= 4 is 29.9 Å². The lowest BCUT2D eigenvalue weighted by Crippen LogP contribution is -2.41. The number of hydrogen-bond acceptors (Lipinski definition) is 3. The van der Waals surface area contributed by atoms with E-state index in [0.29, 0.717) is 0 Å². The first kappa shape index (κ1) is 21.0. The Morgan fingerprint density at radius 3 is 2.33 bits per heavy atom. The number of likely N-dealkylation sites (tertiary alicyclic amines) is 1. The summed E-state index contributed by atoms with van der Waals surface area (Å²) in [4.78, 5) is 6.84. The molecule has 1 heterocycles.